The lowest BCUT2D eigenvalue weighted by atomic mass is 9.95. The van der Waals surface area contributed by atoms with Gasteiger partial charge in [0.15, 0.2) is 0 Å². The number of nitrogens with one attached hydrogen (secondary N) is 1. The molecule has 0 saturated heterocycles. The number of nitriles is 1. The molecule has 1 aromatic rings. The molecule has 1 rings (SSSR count). The highest BCUT2D eigenvalue weighted by molar-refractivity contribution is 5.84. The smallest absolute Gasteiger partial charge is 0.410 e. The lowest BCUT2D eigenvalue weighted by Crippen LogP contribution is -2.40. The van der Waals surface area contributed by atoms with E-state index < -0.39 is 17.1 Å². The summed E-state index contributed by atoms with van der Waals surface area (Å²) in [7, 11) is 0. The molecule has 7 heteroatoms. The van der Waals surface area contributed by atoms with Crippen molar-refractivity contribution in [2.24, 2.45) is 5.41 Å². The summed E-state index contributed by atoms with van der Waals surface area (Å²) in [5, 5.41) is 11.7. The molecule has 1 aromatic heterocycles. The van der Waals surface area contributed by atoms with Gasteiger partial charge in [0.25, 0.3) is 0 Å². The minimum atomic E-state index is -1.07. The fourth-order valence-electron chi connectivity index (χ4n) is 2.02. The van der Waals surface area contributed by atoms with Crippen LogP contribution in [0.25, 0.3) is 0 Å². The zero-order valence-electron chi connectivity index (χ0n) is 16.2. The van der Waals surface area contributed by atoms with Crippen molar-refractivity contribution >= 4 is 12.0 Å². The highest BCUT2D eigenvalue weighted by atomic mass is 16.6. The zero-order chi connectivity index (χ0) is 19.8. The second-order valence-corrected chi connectivity index (χ2v) is 7.61. The van der Waals surface area contributed by atoms with E-state index in [2.05, 4.69) is 10.3 Å². The maximum Gasteiger partial charge on any atom is 0.410 e. The van der Waals surface area contributed by atoms with Crippen molar-refractivity contribution < 1.29 is 14.3 Å². The Bertz CT molecular complexity index is 645. The molecule has 2 amide bonds. The van der Waals surface area contributed by atoms with Gasteiger partial charge in [0.2, 0.25) is 5.91 Å². The van der Waals surface area contributed by atoms with Crippen LogP contribution >= 0.6 is 0 Å². The first-order valence-corrected chi connectivity index (χ1v) is 8.61. The maximum absolute atomic E-state index is 12.4. The minimum absolute atomic E-state index is 0.323. The zero-order valence-corrected chi connectivity index (χ0v) is 16.2. The van der Waals surface area contributed by atoms with Crippen LogP contribution in [0.2, 0.25) is 0 Å². The summed E-state index contributed by atoms with van der Waals surface area (Å²) >= 11 is 0. The standard InChI is InChI=1S/C19H28N4O3/c1-18(2,3)26-17(25)23(13-15-8-6-9-21-12-15)11-7-10-22-16(24)19(4,5)14-20/h6,8-9,12H,7,10-11,13H2,1-5H3,(H,22,24). The summed E-state index contributed by atoms with van der Waals surface area (Å²) in [6.45, 7) is 9.75. The molecular weight excluding hydrogens is 332 g/mol. The Hall–Kier alpha value is -2.62. The molecule has 0 aliphatic carbocycles. The normalized spacial score (nSPS) is 11.4. The van der Waals surface area contributed by atoms with Gasteiger partial charge >= 0.3 is 6.09 Å². The number of carbonyl (C=O) groups excluding carboxylic acids is 2. The van der Waals surface area contributed by atoms with Gasteiger partial charge in [0.1, 0.15) is 11.0 Å². The highest BCUT2D eigenvalue weighted by Gasteiger charge is 2.27. The van der Waals surface area contributed by atoms with Crippen LogP contribution in [0.3, 0.4) is 0 Å². The number of pyridine rings is 1. The van der Waals surface area contributed by atoms with E-state index in [1.807, 2.05) is 39.0 Å². The fraction of sp³-hybridized carbons (Fsp3) is 0.579. The van der Waals surface area contributed by atoms with Gasteiger partial charge in [0.05, 0.1) is 12.6 Å². The van der Waals surface area contributed by atoms with Crippen molar-refractivity contribution in [2.75, 3.05) is 13.1 Å². The second-order valence-electron chi connectivity index (χ2n) is 7.61. The molecule has 0 aliphatic rings. The van der Waals surface area contributed by atoms with Gasteiger partial charge in [-0.2, -0.15) is 5.26 Å². The Morgan fingerprint density at radius 2 is 2.00 bits per heavy atom. The molecule has 0 spiro atoms. The van der Waals surface area contributed by atoms with E-state index >= 15 is 0 Å². The molecule has 0 bridgehead atoms. The van der Waals surface area contributed by atoms with Gasteiger partial charge in [-0.25, -0.2) is 4.79 Å². The third kappa shape index (κ3) is 7.51. The molecule has 0 aliphatic heterocycles. The first kappa shape index (κ1) is 21.4. The first-order chi connectivity index (χ1) is 12.0. The lowest BCUT2D eigenvalue weighted by molar-refractivity contribution is -0.126. The number of rotatable bonds is 7. The van der Waals surface area contributed by atoms with E-state index in [9.17, 15) is 9.59 Å². The van der Waals surface area contributed by atoms with Crippen LogP contribution in [0.15, 0.2) is 24.5 Å². The van der Waals surface area contributed by atoms with Crippen molar-refractivity contribution in [3.8, 4) is 6.07 Å². The largest absolute Gasteiger partial charge is 0.444 e. The average Bonchev–Trinajstić information content (AvgIpc) is 2.56. The Labute approximate surface area is 155 Å². The molecule has 0 fully saturated rings. The highest BCUT2D eigenvalue weighted by Crippen LogP contribution is 2.14. The predicted molar refractivity (Wildman–Crippen MR) is 97.9 cm³/mol. The number of nitrogens with zero attached hydrogens (tertiary/aromatic N) is 3. The van der Waals surface area contributed by atoms with Crippen molar-refractivity contribution in [3.63, 3.8) is 0 Å². The van der Waals surface area contributed by atoms with E-state index in [-0.39, 0.29) is 5.91 Å². The first-order valence-electron chi connectivity index (χ1n) is 8.61. The summed E-state index contributed by atoms with van der Waals surface area (Å²) in [6.07, 6.45) is 3.51. The Morgan fingerprint density at radius 3 is 2.54 bits per heavy atom. The van der Waals surface area contributed by atoms with E-state index in [4.69, 9.17) is 10.00 Å². The minimum Gasteiger partial charge on any atom is -0.444 e. The van der Waals surface area contributed by atoms with Crippen LogP contribution in [-0.4, -0.2) is 40.6 Å². The van der Waals surface area contributed by atoms with Gasteiger partial charge in [-0.3, -0.25) is 9.78 Å². The van der Waals surface area contributed by atoms with Crippen LogP contribution in [0, 0.1) is 16.7 Å². The fourth-order valence-corrected chi connectivity index (χ4v) is 2.02. The molecule has 7 nitrogen and oxygen atoms in total. The number of hydrogen-bond acceptors (Lipinski definition) is 5. The number of ether oxygens (including phenoxy) is 1. The van der Waals surface area contributed by atoms with Gasteiger partial charge in [0, 0.05) is 25.5 Å². The predicted octanol–water partition coefficient (Wildman–Crippen LogP) is 2.87. The van der Waals surface area contributed by atoms with E-state index in [1.165, 1.54) is 0 Å². The molecule has 142 valence electrons. The molecule has 0 unspecified atom stereocenters. The maximum atomic E-state index is 12.4. The molecule has 0 radical (unpaired) electrons. The SMILES string of the molecule is CC(C)(C)OC(=O)N(CCCNC(=O)C(C)(C)C#N)Cc1cccnc1. The third-order valence-electron chi connectivity index (χ3n) is 3.49. The average molecular weight is 360 g/mol. The lowest BCUT2D eigenvalue weighted by Gasteiger charge is -2.27. The van der Waals surface area contributed by atoms with Crippen molar-refractivity contribution in [1.82, 2.24) is 15.2 Å². The van der Waals surface area contributed by atoms with Crippen LogP contribution < -0.4 is 5.32 Å². The van der Waals surface area contributed by atoms with Gasteiger partial charge < -0.3 is 15.0 Å². The third-order valence-corrected chi connectivity index (χ3v) is 3.49. The molecule has 0 aromatic carbocycles. The number of aromatic nitrogens is 1. The quantitative estimate of drug-likeness (QED) is 0.754. The number of hydrogen-bond donors (Lipinski definition) is 1. The van der Waals surface area contributed by atoms with Crippen LogP contribution in [0.1, 0.15) is 46.6 Å². The summed E-state index contributed by atoms with van der Waals surface area (Å²) < 4.78 is 5.46. The topological polar surface area (TPSA) is 95.3 Å². The Morgan fingerprint density at radius 1 is 1.31 bits per heavy atom. The molecule has 1 heterocycles. The summed E-state index contributed by atoms with van der Waals surface area (Å²) in [4.78, 5) is 30.0. The van der Waals surface area contributed by atoms with Crippen LogP contribution in [0.4, 0.5) is 4.79 Å². The summed E-state index contributed by atoms with van der Waals surface area (Å²) in [5.41, 5.74) is -0.761. The van der Waals surface area contributed by atoms with Crippen molar-refractivity contribution in [2.45, 2.75) is 53.2 Å². The van der Waals surface area contributed by atoms with E-state index in [1.54, 1.807) is 31.1 Å². The Balaban J connectivity index is 2.64. The monoisotopic (exact) mass is 360 g/mol. The molecule has 0 saturated carbocycles. The molecule has 0 atom stereocenters. The second kappa shape index (κ2) is 9.18. The van der Waals surface area contributed by atoms with Gasteiger partial charge in [-0.1, -0.05) is 6.07 Å². The summed E-state index contributed by atoms with van der Waals surface area (Å²) in [5.74, 6) is -0.323. The summed E-state index contributed by atoms with van der Waals surface area (Å²) in [6, 6.07) is 5.67. The molecule has 1 N–H and O–H groups in total. The van der Waals surface area contributed by atoms with E-state index in [0.717, 1.165) is 5.56 Å². The number of amides is 2. The van der Waals surface area contributed by atoms with Gasteiger partial charge in [-0.15, -0.1) is 0 Å². The Kier molecular flexibility index (Phi) is 7.56. The van der Waals surface area contributed by atoms with E-state index in [0.29, 0.717) is 26.1 Å². The van der Waals surface area contributed by atoms with Crippen LogP contribution in [-0.2, 0) is 16.1 Å². The van der Waals surface area contributed by atoms with Crippen molar-refractivity contribution in [3.05, 3.63) is 30.1 Å². The number of carbonyl (C=O) groups is 2. The molecular formula is C19H28N4O3. The van der Waals surface area contributed by atoms with Crippen molar-refractivity contribution in [1.29, 1.82) is 5.26 Å². The molecule has 26 heavy (non-hydrogen) atoms. The van der Waals surface area contributed by atoms with Gasteiger partial charge in [-0.05, 0) is 52.7 Å². The van der Waals surface area contributed by atoms with Crippen LogP contribution in [0.5, 0.6) is 0 Å².